The lowest BCUT2D eigenvalue weighted by atomic mass is 10.1. The fraction of sp³-hybridized carbons (Fsp3) is 0.179. The molecule has 0 spiro atoms. The number of anilines is 1. The first-order valence-corrected chi connectivity index (χ1v) is 12.2. The SMILES string of the molecule is COC(=O)c1ccccc1Cn1nc(C)c(NC(=O)c2cccc(COc3ccc(Cl)cc3Cl)c2)c1C. The molecule has 0 unspecified atom stereocenters. The molecule has 0 bridgehead atoms. The van der Waals surface area contributed by atoms with E-state index in [2.05, 4.69) is 10.4 Å². The molecule has 0 saturated heterocycles. The van der Waals surface area contributed by atoms with E-state index >= 15 is 0 Å². The molecule has 37 heavy (non-hydrogen) atoms. The molecule has 1 amide bonds. The third-order valence-electron chi connectivity index (χ3n) is 5.84. The van der Waals surface area contributed by atoms with Crippen molar-refractivity contribution >= 4 is 40.8 Å². The molecule has 0 radical (unpaired) electrons. The van der Waals surface area contributed by atoms with E-state index in [1.54, 1.807) is 53.2 Å². The molecule has 1 heterocycles. The summed E-state index contributed by atoms with van der Waals surface area (Å²) in [5, 5.41) is 8.50. The van der Waals surface area contributed by atoms with Crippen LogP contribution in [0.4, 0.5) is 5.69 Å². The zero-order valence-corrected chi connectivity index (χ0v) is 22.1. The molecule has 0 aliphatic carbocycles. The van der Waals surface area contributed by atoms with Crippen molar-refractivity contribution in [1.82, 2.24) is 9.78 Å². The standard InChI is InChI=1S/C28H25Cl2N3O4/c1-17-26(18(2)33(32-17)15-21-8-4-5-10-23(21)28(35)36-3)31-27(34)20-9-6-7-19(13-20)16-37-25-12-11-22(29)14-24(25)30/h4-14H,15-16H2,1-3H3,(H,31,34). The van der Waals surface area contributed by atoms with Crippen molar-refractivity contribution in [3.05, 3.63) is 110 Å². The van der Waals surface area contributed by atoms with Gasteiger partial charge in [-0.1, -0.05) is 53.5 Å². The van der Waals surface area contributed by atoms with Crippen molar-refractivity contribution in [2.75, 3.05) is 12.4 Å². The molecule has 0 fully saturated rings. The summed E-state index contributed by atoms with van der Waals surface area (Å²) in [5.41, 5.74) is 4.58. The number of nitrogens with zero attached hydrogens (tertiary/aromatic N) is 2. The lowest BCUT2D eigenvalue weighted by molar-refractivity contribution is 0.0599. The number of methoxy groups -OCH3 is 1. The number of amides is 1. The fourth-order valence-electron chi connectivity index (χ4n) is 3.90. The van der Waals surface area contributed by atoms with E-state index in [1.165, 1.54) is 7.11 Å². The number of hydrogen-bond donors (Lipinski definition) is 1. The molecular formula is C28H25Cl2N3O4. The van der Waals surface area contributed by atoms with Crippen LogP contribution in [-0.4, -0.2) is 28.8 Å². The second kappa shape index (κ2) is 11.5. The van der Waals surface area contributed by atoms with Gasteiger partial charge in [0.15, 0.2) is 0 Å². The summed E-state index contributed by atoms with van der Waals surface area (Å²) in [6.45, 7) is 4.29. The van der Waals surface area contributed by atoms with Crippen molar-refractivity contribution in [3.8, 4) is 5.75 Å². The zero-order chi connectivity index (χ0) is 26.5. The van der Waals surface area contributed by atoms with E-state index in [1.807, 2.05) is 32.0 Å². The molecule has 0 saturated carbocycles. The third-order valence-corrected chi connectivity index (χ3v) is 6.37. The molecule has 9 heteroatoms. The number of ether oxygens (including phenoxy) is 2. The molecule has 0 atom stereocenters. The summed E-state index contributed by atoms with van der Waals surface area (Å²) in [6.07, 6.45) is 0. The predicted molar refractivity (Wildman–Crippen MR) is 144 cm³/mol. The average molecular weight is 538 g/mol. The van der Waals surface area contributed by atoms with E-state index in [-0.39, 0.29) is 12.5 Å². The van der Waals surface area contributed by atoms with E-state index in [9.17, 15) is 9.59 Å². The minimum Gasteiger partial charge on any atom is -0.487 e. The van der Waals surface area contributed by atoms with Gasteiger partial charge in [0.2, 0.25) is 0 Å². The average Bonchev–Trinajstić information content (AvgIpc) is 3.15. The molecular weight excluding hydrogens is 513 g/mol. The highest BCUT2D eigenvalue weighted by Gasteiger charge is 2.18. The smallest absolute Gasteiger partial charge is 0.338 e. The second-order valence-corrected chi connectivity index (χ2v) is 9.21. The summed E-state index contributed by atoms with van der Waals surface area (Å²) in [7, 11) is 1.35. The summed E-state index contributed by atoms with van der Waals surface area (Å²) in [5.74, 6) is -0.173. The summed E-state index contributed by atoms with van der Waals surface area (Å²) < 4.78 is 12.4. The number of rotatable bonds is 8. The number of benzene rings is 3. The number of aryl methyl sites for hydroxylation is 1. The van der Waals surface area contributed by atoms with Crippen LogP contribution >= 0.6 is 23.2 Å². The number of carbonyl (C=O) groups excluding carboxylic acids is 2. The first-order valence-electron chi connectivity index (χ1n) is 11.4. The van der Waals surface area contributed by atoms with Gasteiger partial charge in [-0.15, -0.1) is 0 Å². The van der Waals surface area contributed by atoms with Crippen LogP contribution < -0.4 is 10.1 Å². The van der Waals surface area contributed by atoms with Gasteiger partial charge in [0.05, 0.1) is 41.3 Å². The first kappa shape index (κ1) is 26.3. The van der Waals surface area contributed by atoms with Crippen LogP contribution in [0.1, 0.15) is 43.2 Å². The number of nitrogens with one attached hydrogen (secondary N) is 1. The van der Waals surface area contributed by atoms with Crippen molar-refractivity contribution in [3.63, 3.8) is 0 Å². The lowest BCUT2D eigenvalue weighted by Gasteiger charge is -2.11. The minimum absolute atomic E-state index is 0.234. The number of esters is 1. The molecule has 3 aromatic carbocycles. The summed E-state index contributed by atoms with van der Waals surface area (Å²) in [4.78, 5) is 25.2. The Kier molecular flexibility index (Phi) is 8.16. The van der Waals surface area contributed by atoms with Gasteiger partial charge in [0.1, 0.15) is 12.4 Å². The summed E-state index contributed by atoms with van der Waals surface area (Å²) in [6, 6.07) is 19.4. The van der Waals surface area contributed by atoms with Crippen molar-refractivity contribution < 1.29 is 19.1 Å². The highest BCUT2D eigenvalue weighted by atomic mass is 35.5. The topological polar surface area (TPSA) is 82.5 Å². The monoisotopic (exact) mass is 537 g/mol. The largest absolute Gasteiger partial charge is 0.487 e. The Hall–Kier alpha value is -3.81. The molecule has 4 rings (SSSR count). The maximum atomic E-state index is 13.1. The minimum atomic E-state index is -0.409. The van der Waals surface area contributed by atoms with Crippen LogP contribution in [0.5, 0.6) is 5.75 Å². The first-order chi connectivity index (χ1) is 17.8. The Labute approximate surface area is 224 Å². The van der Waals surface area contributed by atoms with E-state index in [0.29, 0.717) is 44.8 Å². The van der Waals surface area contributed by atoms with Crippen LogP contribution in [-0.2, 0) is 17.9 Å². The van der Waals surface area contributed by atoms with Gasteiger partial charge in [-0.2, -0.15) is 5.10 Å². The molecule has 4 aromatic rings. The number of hydrogen-bond acceptors (Lipinski definition) is 5. The van der Waals surface area contributed by atoms with Gasteiger partial charge >= 0.3 is 5.97 Å². The van der Waals surface area contributed by atoms with Gasteiger partial charge in [-0.25, -0.2) is 4.79 Å². The van der Waals surface area contributed by atoms with E-state index in [0.717, 1.165) is 16.8 Å². The third kappa shape index (κ3) is 6.13. The highest BCUT2D eigenvalue weighted by molar-refractivity contribution is 6.35. The number of carbonyl (C=O) groups is 2. The number of aromatic nitrogens is 2. The zero-order valence-electron chi connectivity index (χ0n) is 20.5. The molecule has 1 aromatic heterocycles. The molecule has 0 aliphatic heterocycles. The highest BCUT2D eigenvalue weighted by Crippen LogP contribution is 2.28. The molecule has 190 valence electrons. The van der Waals surface area contributed by atoms with E-state index < -0.39 is 5.97 Å². The van der Waals surface area contributed by atoms with Crippen molar-refractivity contribution in [2.45, 2.75) is 27.0 Å². The quantitative estimate of drug-likeness (QED) is 0.260. The van der Waals surface area contributed by atoms with E-state index in [4.69, 9.17) is 32.7 Å². The predicted octanol–water partition coefficient (Wildman–Crippen LogP) is 6.47. The van der Waals surface area contributed by atoms with Crippen LogP contribution in [0.15, 0.2) is 66.7 Å². The van der Waals surface area contributed by atoms with Crippen LogP contribution in [0, 0.1) is 13.8 Å². The van der Waals surface area contributed by atoms with Crippen molar-refractivity contribution in [1.29, 1.82) is 0 Å². The van der Waals surface area contributed by atoms with Gasteiger partial charge in [0.25, 0.3) is 5.91 Å². The van der Waals surface area contributed by atoms with Gasteiger partial charge < -0.3 is 14.8 Å². The maximum Gasteiger partial charge on any atom is 0.338 e. The Bertz CT molecular complexity index is 1470. The van der Waals surface area contributed by atoms with Crippen molar-refractivity contribution in [2.24, 2.45) is 0 Å². The Morgan fingerprint density at radius 3 is 2.54 bits per heavy atom. The Balaban J connectivity index is 1.48. The molecule has 7 nitrogen and oxygen atoms in total. The van der Waals surface area contributed by atoms with Gasteiger partial charge in [0, 0.05) is 10.6 Å². The van der Waals surface area contributed by atoms with Crippen LogP contribution in [0.2, 0.25) is 10.0 Å². The molecule has 1 N–H and O–H groups in total. The second-order valence-electron chi connectivity index (χ2n) is 8.37. The van der Waals surface area contributed by atoms with Gasteiger partial charge in [-0.05, 0) is 61.4 Å². The van der Waals surface area contributed by atoms with Crippen LogP contribution in [0.25, 0.3) is 0 Å². The molecule has 0 aliphatic rings. The fourth-order valence-corrected chi connectivity index (χ4v) is 4.36. The Morgan fingerprint density at radius 1 is 1.00 bits per heavy atom. The maximum absolute atomic E-state index is 13.1. The number of halogens is 2. The Morgan fingerprint density at radius 2 is 1.78 bits per heavy atom. The summed E-state index contributed by atoms with van der Waals surface area (Å²) >= 11 is 12.1. The normalized spacial score (nSPS) is 10.7. The van der Waals surface area contributed by atoms with Gasteiger partial charge in [-0.3, -0.25) is 9.48 Å². The lowest BCUT2D eigenvalue weighted by Crippen LogP contribution is -2.14. The van der Waals surface area contributed by atoms with Crippen LogP contribution in [0.3, 0.4) is 0 Å².